The van der Waals surface area contributed by atoms with Gasteiger partial charge in [-0.15, -0.1) is 5.10 Å². The Bertz CT molecular complexity index is 989. The highest BCUT2D eigenvalue weighted by Crippen LogP contribution is 2.24. The Hall–Kier alpha value is -3.24. The lowest BCUT2D eigenvalue weighted by Crippen LogP contribution is -2.32. The van der Waals surface area contributed by atoms with Crippen LogP contribution in [0, 0.1) is 0 Å². The second-order valence-electron chi connectivity index (χ2n) is 6.34. The minimum absolute atomic E-state index is 0.276. The van der Waals surface area contributed by atoms with Gasteiger partial charge < -0.3 is 15.9 Å². The fourth-order valence-corrected chi connectivity index (χ4v) is 3.48. The molecule has 0 aliphatic carbocycles. The van der Waals surface area contributed by atoms with Crippen LogP contribution in [0.3, 0.4) is 0 Å². The van der Waals surface area contributed by atoms with E-state index >= 15 is 0 Å². The van der Waals surface area contributed by atoms with Crippen LogP contribution in [-0.2, 0) is 28.3 Å². The SMILES string of the molecule is NC(Cc1ccc(-c2ccc(CSc3nnnn3CC(=O)O)cc2)cc1)C(=O)O. The van der Waals surface area contributed by atoms with Gasteiger partial charge in [0.2, 0.25) is 5.16 Å². The summed E-state index contributed by atoms with van der Waals surface area (Å²) in [5, 5.41) is 29.2. The maximum Gasteiger partial charge on any atom is 0.325 e. The van der Waals surface area contributed by atoms with Crippen molar-refractivity contribution in [2.45, 2.75) is 29.9 Å². The van der Waals surface area contributed by atoms with Gasteiger partial charge in [0.15, 0.2) is 0 Å². The smallest absolute Gasteiger partial charge is 0.325 e. The first-order valence-corrected chi connectivity index (χ1v) is 9.68. The van der Waals surface area contributed by atoms with E-state index in [1.807, 2.05) is 48.5 Å². The largest absolute Gasteiger partial charge is 0.480 e. The molecule has 0 bridgehead atoms. The standard InChI is InChI=1S/C19H19N5O4S/c20-16(18(27)28)9-12-1-5-14(6-2-12)15-7-3-13(4-8-15)11-29-19-21-22-23-24(19)10-17(25)26/h1-8,16H,9-11,20H2,(H,25,26)(H,27,28). The maximum absolute atomic E-state index is 10.9. The lowest BCUT2D eigenvalue weighted by Gasteiger charge is -2.08. The number of tetrazole rings is 1. The van der Waals surface area contributed by atoms with Gasteiger partial charge in [0.1, 0.15) is 12.6 Å². The fourth-order valence-electron chi connectivity index (χ4n) is 2.64. The number of nitrogens with zero attached hydrogens (tertiary/aromatic N) is 4. The summed E-state index contributed by atoms with van der Waals surface area (Å²) in [7, 11) is 0. The van der Waals surface area contributed by atoms with Gasteiger partial charge >= 0.3 is 11.9 Å². The lowest BCUT2D eigenvalue weighted by atomic mass is 10.0. The third-order valence-electron chi connectivity index (χ3n) is 4.17. The number of benzene rings is 2. The number of aromatic nitrogens is 4. The van der Waals surface area contributed by atoms with Gasteiger partial charge in [-0.25, -0.2) is 4.68 Å². The molecule has 4 N–H and O–H groups in total. The molecule has 0 aliphatic rings. The van der Waals surface area contributed by atoms with Crippen LogP contribution in [-0.4, -0.2) is 48.4 Å². The van der Waals surface area contributed by atoms with Crippen LogP contribution in [0.15, 0.2) is 53.7 Å². The predicted octanol–water partition coefficient (Wildman–Crippen LogP) is 1.67. The number of carboxylic acid groups (broad SMARTS) is 2. The molecule has 1 unspecified atom stereocenters. The van der Waals surface area contributed by atoms with E-state index in [-0.39, 0.29) is 13.0 Å². The zero-order valence-corrected chi connectivity index (χ0v) is 16.1. The monoisotopic (exact) mass is 413 g/mol. The zero-order chi connectivity index (χ0) is 20.8. The number of hydrogen-bond donors (Lipinski definition) is 3. The second kappa shape index (κ2) is 9.30. The molecule has 10 heteroatoms. The van der Waals surface area contributed by atoms with Crippen LogP contribution in [0.1, 0.15) is 11.1 Å². The van der Waals surface area contributed by atoms with E-state index < -0.39 is 18.0 Å². The highest BCUT2D eigenvalue weighted by molar-refractivity contribution is 7.98. The van der Waals surface area contributed by atoms with E-state index in [0.717, 1.165) is 22.3 Å². The molecule has 9 nitrogen and oxygen atoms in total. The van der Waals surface area contributed by atoms with E-state index in [2.05, 4.69) is 15.5 Å². The third kappa shape index (κ3) is 5.62. The van der Waals surface area contributed by atoms with Crippen LogP contribution in [0.4, 0.5) is 0 Å². The molecule has 150 valence electrons. The molecule has 0 radical (unpaired) electrons. The van der Waals surface area contributed by atoms with E-state index in [9.17, 15) is 9.59 Å². The Balaban J connectivity index is 1.61. The van der Waals surface area contributed by atoms with Crippen LogP contribution >= 0.6 is 11.8 Å². The quantitative estimate of drug-likeness (QED) is 0.446. The molecule has 0 spiro atoms. The molecule has 0 fully saturated rings. The fraction of sp³-hybridized carbons (Fsp3) is 0.211. The summed E-state index contributed by atoms with van der Waals surface area (Å²) >= 11 is 1.36. The van der Waals surface area contributed by atoms with Crippen molar-refractivity contribution in [2.24, 2.45) is 5.73 Å². The predicted molar refractivity (Wildman–Crippen MR) is 106 cm³/mol. The number of rotatable bonds is 9. The highest BCUT2D eigenvalue weighted by atomic mass is 32.2. The van der Waals surface area contributed by atoms with Crippen LogP contribution < -0.4 is 5.73 Å². The molecule has 0 aliphatic heterocycles. The first-order chi connectivity index (χ1) is 13.9. The highest BCUT2D eigenvalue weighted by Gasteiger charge is 2.12. The Kier molecular flexibility index (Phi) is 6.57. The lowest BCUT2D eigenvalue weighted by molar-refractivity contribution is -0.139. The minimum Gasteiger partial charge on any atom is -0.480 e. The van der Waals surface area contributed by atoms with Crippen molar-refractivity contribution in [3.63, 3.8) is 0 Å². The number of carbonyl (C=O) groups is 2. The molecular weight excluding hydrogens is 394 g/mol. The molecule has 29 heavy (non-hydrogen) atoms. The van der Waals surface area contributed by atoms with E-state index in [1.54, 1.807) is 0 Å². The molecule has 2 aromatic carbocycles. The maximum atomic E-state index is 10.9. The van der Waals surface area contributed by atoms with Crippen molar-refractivity contribution in [3.8, 4) is 11.1 Å². The van der Waals surface area contributed by atoms with Crippen molar-refractivity contribution < 1.29 is 19.8 Å². The number of nitrogens with two attached hydrogens (primary N) is 1. The Morgan fingerprint density at radius 1 is 1.00 bits per heavy atom. The van der Waals surface area contributed by atoms with Crippen molar-refractivity contribution in [3.05, 3.63) is 59.7 Å². The molecule has 3 rings (SSSR count). The van der Waals surface area contributed by atoms with Gasteiger partial charge in [0, 0.05) is 5.75 Å². The molecule has 0 saturated carbocycles. The first-order valence-electron chi connectivity index (χ1n) is 8.70. The summed E-state index contributed by atoms with van der Waals surface area (Å²) < 4.78 is 1.25. The Morgan fingerprint density at radius 2 is 1.59 bits per heavy atom. The van der Waals surface area contributed by atoms with E-state index in [1.165, 1.54) is 16.4 Å². The zero-order valence-electron chi connectivity index (χ0n) is 15.3. The van der Waals surface area contributed by atoms with Crippen LogP contribution in [0.25, 0.3) is 11.1 Å². The second-order valence-corrected chi connectivity index (χ2v) is 7.29. The average molecular weight is 413 g/mol. The van der Waals surface area contributed by atoms with Gasteiger partial charge in [-0.05, 0) is 39.1 Å². The topological polar surface area (TPSA) is 144 Å². The van der Waals surface area contributed by atoms with Gasteiger partial charge in [-0.1, -0.05) is 60.3 Å². The summed E-state index contributed by atoms with van der Waals surface area (Å²) in [6.07, 6.45) is 0.285. The molecule has 1 heterocycles. The van der Waals surface area contributed by atoms with Crippen molar-refractivity contribution in [1.29, 1.82) is 0 Å². The molecule has 3 aromatic rings. The number of thioether (sulfide) groups is 1. The summed E-state index contributed by atoms with van der Waals surface area (Å²) in [5.74, 6) is -1.41. The van der Waals surface area contributed by atoms with E-state index in [4.69, 9.17) is 15.9 Å². The average Bonchev–Trinajstić information content (AvgIpc) is 3.13. The van der Waals surface area contributed by atoms with E-state index in [0.29, 0.717) is 10.9 Å². The Morgan fingerprint density at radius 3 is 2.14 bits per heavy atom. The summed E-state index contributed by atoms with van der Waals surface area (Å²) in [6.45, 7) is -0.276. The van der Waals surface area contributed by atoms with Gasteiger partial charge in [-0.2, -0.15) is 0 Å². The van der Waals surface area contributed by atoms with Gasteiger partial charge in [0.25, 0.3) is 0 Å². The normalized spacial score (nSPS) is 11.9. The number of aliphatic carboxylic acids is 2. The van der Waals surface area contributed by atoms with Gasteiger partial charge in [0.05, 0.1) is 0 Å². The molecular formula is C19H19N5O4S. The summed E-state index contributed by atoms with van der Waals surface area (Å²) in [6, 6.07) is 14.7. The summed E-state index contributed by atoms with van der Waals surface area (Å²) in [4.78, 5) is 21.7. The van der Waals surface area contributed by atoms with Crippen molar-refractivity contribution in [1.82, 2.24) is 20.2 Å². The Labute approximate surface area is 170 Å². The third-order valence-corrected chi connectivity index (χ3v) is 5.19. The summed E-state index contributed by atoms with van der Waals surface area (Å²) in [5.41, 5.74) is 9.53. The van der Waals surface area contributed by atoms with Crippen molar-refractivity contribution >= 4 is 23.7 Å². The molecule has 1 aromatic heterocycles. The minimum atomic E-state index is -1.01. The van der Waals surface area contributed by atoms with Crippen LogP contribution in [0.2, 0.25) is 0 Å². The van der Waals surface area contributed by atoms with Crippen molar-refractivity contribution in [2.75, 3.05) is 0 Å². The number of hydrogen-bond acceptors (Lipinski definition) is 7. The van der Waals surface area contributed by atoms with Gasteiger partial charge in [-0.3, -0.25) is 9.59 Å². The molecule has 0 amide bonds. The molecule has 1 atom stereocenters. The first kappa shape index (κ1) is 20.5. The van der Waals surface area contributed by atoms with Crippen LogP contribution in [0.5, 0.6) is 0 Å². The molecule has 0 saturated heterocycles. The number of carboxylic acids is 2.